The minimum Gasteiger partial charge on any atom is -0.495 e. The maximum atomic E-state index is 12.9. The molecular formula is C22H17ClN2O3S. The van der Waals surface area contributed by atoms with Gasteiger partial charge in [-0.05, 0) is 29.6 Å². The van der Waals surface area contributed by atoms with Crippen LogP contribution in [0.4, 0.5) is 0 Å². The SMILES string of the molecule is COc1cccc(COC(=O)c2cn(-c3ccccc3)nc2-c2cccs2)c1Cl. The van der Waals surface area contributed by atoms with Crippen LogP contribution in [0.3, 0.4) is 0 Å². The maximum Gasteiger partial charge on any atom is 0.342 e. The predicted molar refractivity (Wildman–Crippen MR) is 114 cm³/mol. The van der Waals surface area contributed by atoms with Crippen LogP contribution in [-0.2, 0) is 11.3 Å². The number of methoxy groups -OCH3 is 1. The van der Waals surface area contributed by atoms with E-state index >= 15 is 0 Å². The molecule has 2 heterocycles. The van der Waals surface area contributed by atoms with Crippen molar-refractivity contribution < 1.29 is 14.3 Å². The highest BCUT2D eigenvalue weighted by Gasteiger charge is 2.21. The van der Waals surface area contributed by atoms with Gasteiger partial charge in [0.2, 0.25) is 0 Å². The number of carbonyl (C=O) groups is 1. The zero-order valence-corrected chi connectivity index (χ0v) is 17.1. The van der Waals surface area contributed by atoms with Crippen molar-refractivity contribution in [1.29, 1.82) is 0 Å². The topological polar surface area (TPSA) is 53.4 Å². The van der Waals surface area contributed by atoms with Gasteiger partial charge in [-0.15, -0.1) is 11.3 Å². The number of halogens is 1. The molecule has 0 N–H and O–H groups in total. The Morgan fingerprint density at radius 3 is 2.66 bits per heavy atom. The second-order valence-electron chi connectivity index (χ2n) is 6.16. The van der Waals surface area contributed by atoms with Crippen LogP contribution in [0.15, 0.2) is 72.2 Å². The summed E-state index contributed by atoms with van der Waals surface area (Å²) in [7, 11) is 1.54. The summed E-state index contributed by atoms with van der Waals surface area (Å²) in [5.74, 6) is 0.0749. The molecule has 0 aliphatic carbocycles. The Kier molecular flexibility index (Phi) is 5.64. The standard InChI is InChI=1S/C22H17ClN2O3S/c1-27-18-10-5-7-15(20(18)23)14-28-22(26)17-13-25(16-8-3-2-4-9-16)24-21(17)19-11-6-12-29-19/h2-13H,14H2,1H3. The van der Waals surface area contributed by atoms with Crippen molar-refractivity contribution in [2.45, 2.75) is 6.61 Å². The van der Waals surface area contributed by atoms with Gasteiger partial charge in [-0.2, -0.15) is 5.10 Å². The summed E-state index contributed by atoms with van der Waals surface area (Å²) >= 11 is 7.82. The number of carbonyl (C=O) groups excluding carboxylic acids is 1. The third kappa shape index (κ3) is 4.04. The van der Waals surface area contributed by atoms with E-state index in [4.69, 9.17) is 21.1 Å². The molecule has 0 spiro atoms. The van der Waals surface area contributed by atoms with Gasteiger partial charge >= 0.3 is 5.97 Å². The molecule has 0 atom stereocenters. The average molecular weight is 425 g/mol. The number of para-hydroxylation sites is 1. The van der Waals surface area contributed by atoms with Crippen molar-refractivity contribution in [2.24, 2.45) is 0 Å². The normalized spacial score (nSPS) is 10.7. The molecule has 2 aromatic carbocycles. The molecule has 29 heavy (non-hydrogen) atoms. The molecule has 0 saturated heterocycles. The maximum absolute atomic E-state index is 12.9. The minimum atomic E-state index is -0.463. The predicted octanol–water partition coefficient (Wildman–Crippen LogP) is 5.62. The number of hydrogen-bond acceptors (Lipinski definition) is 5. The van der Waals surface area contributed by atoms with Gasteiger partial charge in [-0.1, -0.05) is 48.0 Å². The molecule has 4 aromatic rings. The quantitative estimate of drug-likeness (QED) is 0.377. The molecule has 146 valence electrons. The fourth-order valence-corrected chi connectivity index (χ4v) is 3.86. The zero-order chi connectivity index (χ0) is 20.2. The van der Waals surface area contributed by atoms with Gasteiger partial charge < -0.3 is 9.47 Å². The van der Waals surface area contributed by atoms with Crippen LogP contribution in [0.2, 0.25) is 5.02 Å². The molecule has 0 saturated carbocycles. The zero-order valence-electron chi connectivity index (χ0n) is 15.5. The van der Waals surface area contributed by atoms with E-state index < -0.39 is 5.97 Å². The van der Waals surface area contributed by atoms with Gasteiger partial charge in [0.25, 0.3) is 0 Å². The van der Waals surface area contributed by atoms with Gasteiger partial charge in [-0.3, -0.25) is 0 Å². The Balaban J connectivity index is 1.63. The molecule has 4 rings (SSSR count). The number of aromatic nitrogens is 2. The Morgan fingerprint density at radius 2 is 1.93 bits per heavy atom. The smallest absolute Gasteiger partial charge is 0.342 e. The first-order valence-electron chi connectivity index (χ1n) is 8.85. The number of rotatable bonds is 6. The summed E-state index contributed by atoms with van der Waals surface area (Å²) in [6, 6.07) is 18.8. The van der Waals surface area contributed by atoms with Gasteiger partial charge in [-0.25, -0.2) is 9.48 Å². The van der Waals surface area contributed by atoms with E-state index in [1.54, 1.807) is 36.2 Å². The van der Waals surface area contributed by atoms with Crippen molar-refractivity contribution in [3.05, 3.63) is 88.4 Å². The van der Waals surface area contributed by atoms with Gasteiger partial charge in [0.15, 0.2) is 0 Å². The van der Waals surface area contributed by atoms with Crippen LogP contribution < -0.4 is 4.74 Å². The number of ether oxygens (including phenoxy) is 2. The average Bonchev–Trinajstić information content (AvgIpc) is 3.43. The summed E-state index contributed by atoms with van der Waals surface area (Å²) in [6.45, 7) is 0.0370. The molecule has 7 heteroatoms. The van der Waals surface area contributed by atoms with Crippen molar-refractivity contribution in [1.82, 2.24) is 9.78 Å². The lowest BCUT2D eigenvalue weighted by Crippen LogP contribution is -2.06. The molecule has 0 unspecified atom stereocenters. The van der Waals surface area contributed by atoms with Crippen molar-refractivity contribution >= 4 is 28.9 Å². The molecule has 0 aliphatic rings. The fourth-order valence-electron chi connectivity index (χ4n) is 2.88. The first-order chi connectivity index (χ1) is 14.2. The Hall–Kier alpha value is -3.09. The summed E-state index contributed by atoms with van der Waals surface area (Å²) < 4.78 is 12.5. The fraction of sp³-hybridized carbons (Fsp3) is 0.0909. The number of hydrogen-bond donors (Lipinski definition) is 0. The second-order valence-corrected chi connectivity index (χ2v) is 7.48. The molecule has 0 bridgehead atoms. The van der Waals surface area contributed by atoms with E-state index in [2.05, 4.69) is 5.10 Å². The van der Waals surface area contributed by atoms with E-state index in [0.717, 1.165) is 10.6 Å². The minimum absolute atomic E-state index is 0.0370. The lowest BCUT2D eigenvalue weighted by Gasteiger charge is -2.09. The first kappa shape index (κ1) is 19.2. The highest BCUT2D eigenvalue weighted by atomic mass is 35.5. The van der Waals surface area contributed by atoms with Crippen molar-refractivity contribution in [3.8, 4) is 22.0 Å². The molecule has 0 fully saturated rings. The monoisotopic (exact) mass is 424 g/mol. The van der Waals surface area contributed by atoms with E-state index in [9.17, 15) is 4.79 Å². The highest BCUT2D eigenvalue weighted by Crippen LogP contribution is 2.30. The molecule has 0 radical (unpaired) electrons. The van der Waals surface area contributed by atoms with E-state index in [-0.39, 0.29) is 6.61 Å². The van der Waals surface area contributed by atoms with Gasteiger partial charge in [0, 0.05) is 11.8 Å². The lowest BCUT2D eigenvalue weighted by molar-refractivity contribution is 0.0473. The molecular weight excluding hydrogens is 408 g/mol. The molecule has 0 aliphatic heterocycles. The van der Waals surface area contributed by atoms with Crippen LogP contribution >= 0.6 is 22.9 Å². The summed E-state index contributed by atoms with van der Waals surface area (Å²) in [5, 5.41) is 7.00. The van der Waals surface area contributed by atoms with E-state index in [1.807, 2.05) is 47.8 Å². The van der Waals surface area contributed by atoms with Crippen LogP contribution in [0.25, 0.3) is 16.3 Å². The molecule has 0 amide bonds. The Labute approximate surface area is 177 Å². The highest BCUT2D eigenvalue weighted by molar-refractivity contribution is 7.13. The van der Waals surface area contributed by atoms with Crippen molar-refractivity contribution in [2.75, 3.05) is 7.11 Å². The van der Waals surface area contributed by atoms with Crippen LogP contribution in [0.5, 0.6) is 5.75 Å². The summed E-state index contributed by atoms with van der Waals surface area (Å²) in [6.07, 6.45) is 1.69. The molecule has 2 aromatic heterocycles. The largest absolute Gasteiger partial charge is 0.495 e. The second kappa shape index (κ2) is 8.51. The summed E-state index contributed by atoms with van der Waals surface area (Å²) in [4.78, 5) is 13.8. The van der Waals surface area contributed by atoms with Crippen LogP contribution in [0, 0.1) is 0 Å². The lowest BCUT2D eigenvalue weighted by atomic mass is 10.2. The Morgan fingerprint density at radius 1 is 1.10 bits per heavy atom. The third-order valence-corrected chi connectivity index (χ3v) is 5.64. The van der Waals surface area contributed by atoms with Gasteiger partial charge in [0.05, 0.1) is 22.7 Å². The number of thiophene rings is 1. The van der Waals surface area contributed by atoms with Crippen molar-refractivity contribution in [3.63, 3.8) is 0 Å². The first-order valence-corrected chi connectivity index (χ1v) is 10.1. The van der Waals surface area contributed by atoms with Crippen LogP contribution in [0.1, 0.15) is 15.9 Å². The molecule has 5 nitrogen and oxygen atoms in total. The number of esters is 1. The number of nitrogens with zero attached hydrogens (tertiary/aromatic N) is 2. The number of benzene rings is 2. The van der Waals surface area contributed by atoms with E-state index in [0.29, 0.717) is 27.6 Å². The Bertz CT molecular complexity index is 1120. The third-order valence-electron chi connectivity index (χ3n) is 4.33. The van der Waals surface area contributed by atoms with Crippen LogP contribution in [-0.4, -0.2) is 22.9 Å². The van der Waals surface area contributed by atoms with E-state index in [1.165, 1.54) is 11.3 Å². The van der Waals surface area contributed by atoms with Gasteiger partial charge in [0.1, 0.15) is 23.6 Å². The summed E-state index contributed by atoms with van der Waals surface area (Å²) in [5.41, 5.74) is 2.52.